The molecule has 0 aliphatic carbocycles. The van der Waals surface area contributed by atoms with E-state index in [0.29, 0.717) is 19.9 Å². The van der Waals surface area contributed by atoms with Crippen LogP contribution in [-0.4, -0.2) is 14.3 Å². The van der Waals surface area contributed by atoms with E-state index >= 15 is 0 Å². The molecule has 0 radical (unpaired) electrons. The van der Waals surface area contributed by atoms with E-state index in [1.807, 2.05) is 0 Å². The summed E-state index contributed by atoms with van der Waals surface area (Å²) in [5.74, 6) is -0.312. The highest BCUT2D eigenvalue weighted by Gasteiger charge is 2.14. The Bertz CT molecular complexity index is 790. The average molecular weight is 429 g/mol. The molecule has 0 saturated heterocycles. The van der Waals surface area contributed by atoms with Crippen LogP contribution in [0.15, 0.2) is 39.0 Å². The minimum absolute atomic E-state index is 0.0531. The van der Waals surface area contributed by atoms with Gasteiger partial charge in [-0.2, -0.15) is 0 Å². The minimum Gasteiger partial charge on any atom is -0.347 e. The van der Waals surface area contributed by atoms with Crippen LogP contribution in [-0.2, 0) is 15.6 Å². The van der Waals surface area contributed by atoms with Crippen molar-refractivity contribution in [3.05, 3.63) is 50.3 Å². The van der Waals surface area contributed by atoms with Crippen LogP contribution >= 0.6 is 49.6 Å². The molecule has 1 amide bonds. The van der Waals surface area contributed by atoms with Crippen LogP contribution in [0, 0.1) is 0 Å². The number of nitrogens with one attached hydrogen (secondary N) is 1. The summed E-state index contributed by atoms with van der Waals surface area (Å²) in [7, 11) is 1.51. The molecule has 9 heteroatoms. The number of rotatable bonds is 4. The van der Waals surface area contributed by atoms with Crippen LogP contribution in [0.5, 0.6) is 0 Å². The van der Waals surface area contributed by atoms with E-state index in [0.717, 1.165) is 11.3 Å². The van der Waals surface area contributed by atoms with Gasteiger partial charge in [-0.15, -0.1) is 11.3 Å². The summed E-state index contributed by atoms with van der Waals surface area (Å²) in [6, 6.07) is 7.90. The molecule has 2 aromatic rings. The van der Waals surface area contributed by atoms with Crippen molar-refractivity contribution in [1.82, 2.24) is 5.32 Å². The van der Waals surface area contributed by atoms with E-state index < -0.39 is 9.05 Å². The fraction of sp³-hybridized carbons (Fsp3) is 0.0833. The standard InChI is InChI=1S/C12H8BrCl2NO3S2/c13-10-3-1-7(14)5-9(10)12(17)16-6-8-2-4-11(20-8)21(15,18)19/h1-5H,6H2,(H,16,17). The number of thiophene rings is 1. The van der Waals surface area contributed by atoms with Crippen LogP contribution in [0.4, 0.5) is 0 Å². The Kier molecular flexibility index (Phi) is 5.32. The van der Waals surface area contributed by atoms with Crippen molar-refractivity contribution in [2.75, 3.05) is 0 Å². The van der Waals surface area contributed by atoms with Gasteiger partial charge in [-0.05, 0) is 46.3 Å². The van der Waals surface area contributed by atoms with Gasteiger partial charge in [-0.25, -0.2) is 8.42 Å². The molecule has 0 aliphatic rings. The third-order valence-corrected chi connectivity index (χ3v) is 6.58. The summed E-state index contributed by atoms with van der Waals surface area (Å²) in [6.07, 6.45) is 0. The average Bonchev–Trinajstić information content (AvgIpc) is 2.87. The predicted molar refractivity (Wildman–Crippen MR) is 87.7 cm³/mol. The number of amides is 1. The number of hydrogen-bond donors (Lipinski definition) is 1. The first kappa shape index (κ1) is 16.8. The molecule has 1 aromatic carbocycles. The van der Waals surface area contributed by atoms with Crippen molar-refractivity contribution in [3.63, 3.8) is 0 Å². The SMILES string of the molecule is O=C(NCc1ccc(S(=O)(=O)Cl)s1)c1cc(Cl)ccc1Br. The summed E-state index contributed by atoms with van der Waals surface area (Å²) in [5, 5.41) is 3.15. The van der Waals surface area contributed by atoms with Crippen molar-refractivity contribution in [1.29, 1.82) is 0 Å². The van der Waals surface area contributed by atoms with Crippen LogP contribution in [0.3, 0.4) is 0 Å². The third-order valence-electron chi connectivity index (χ3n) is 2.47. The highest BCUT2D eigenvalue weighted by Crippen LogP contribution is 2.25. The maximum absolute atomic E-state index is 12.1. The zero-order valence-electron chi connectivity index (χ0n) is 10.3. The first-order valence-corrected chi connectivity index (χ1v) is 9.83. The summed E-state index contributed by atoms with van der Waals surface area (Å²) >= 11 is 10.1. The Morgan fingerprint density at radius 2 is 2.00 bits per heavy atom. The first-order valence-electron chi connectivity index (χ1n) is 5.54. The van der Waals surface area contributed by atoms with Gasteiger partial charge in [0, 0.05) is 25.1 Å². The van der Waals surface area contributed by atoms with Gasteiger partial charge in [0.15, 0.2) is 0 Å². The van der Waals surface area contributed by atoms with Gasteiger partial charge in [0.25, 0.3) is 15.0 Å². The number of carbonyl (C=O) groups excluding carboxylic acids is 1. The van der Waals surface area contributed by atoms with E-state index in [2.05, 4.69) is 21.2 Å². The second kappa shape index (κ2) is 6.66. The fourth-order valence-electron chi connectivity index (χ4n) is 1.52. The van der Waals surface area contributed by atoms with Crippen molar-refractivity contribution in [2.45, 2.75) is 10.8 Å². The monoisotopic (exact) mass is 427 g/mol. The summed E-state index contributed by atoms with van der Waals surface area (Å²) < 4.78 is 23.0. The second-order valence-electron chi connectivity index (χ2n) is 3.97. The summed E-state index contributed by atoms with van der Waals surface area (Å²) in [4.78, 5) is 12.7. The quantitative estimate of drug-likeness (QED) is 0.748. The van der Waals surface area contributed by atoms with Gasteiger partial charge in [0.05, 0.1) is 12.1 Å². The molecule has 2 rings (SSSR count). The molecular formula is C12H8BrCl2NO3S2. The van der Waals surface area contributed by atoms with Crippen LogP contribution in [0.2, 0.25) is 5.02 Å². The van der Waals surface area contributed by atoms with Crippen molar-refractivity contribution < 1.29 is 13.2 Å². The molecule has 1 heterocycles. The summed E-state index contributed by atoms with van der Waals surface area (Å²) in [5.41, 5.74) is 0.407. The van der Waals surface area contributed by atoms with Gasteiger partial charge >= 0.3 is 0 Å². The topological polar surface area (TPSA) is 63.2 Å². The lowest BCUT2D eigenvalue weighted by molar-refractivity contribution is 0.0950. The maximum Gasteiger partial charge on any atom is 0.270 e. The maximum atomic E-state index is 12.1. The Labute approximate surface area is 143 Å². The van der Waals surface area contributed by atoms with E-state index in [1.165, 1.54) is 6.07 Å². The predicted octanol–water partition coefficient (Wildman–Crippen LogP) is 4.02. The number of hydrogen-bond acceptors (Lipinski definition) is 4. The van der Waals surface area contributed by atoms with Crippen LogP contribution in [0.25, 0.3) is 0 Å². The highest BCUT2D eigenvalue weighted by atomic mass is 79.9. The van der Waals surface area contributed by atoms with E-state index in [4.69, 9.17) is 22.3 Å². The van der Waals surface area contributed by atoms with Crippen LogP contribution < -0.4 is 5.32 Å². The highest BCUT2D eigenvalue weighted by molar-refractivity contribution is 9.10. The molecule has 0 spiro atoms. The van der Waals surface area contributed by atoms with Gasteiger partial charge in [0.1, 0.15) is 4.21 Å². The van der Waals surface area contributed by atoms with E-state index in [-0.39, 0.29) is 16.7 Å². The largest absolute Gasteiger partial charge is 0.347 e. The molecule has 0 bridgehead atoms. The molecular weight excluding hydrogens is 421 g/mol. The molecule has 4 nitrogen and oxygen atoms in total. The molecule has 0 unspecified atom stereocenters. The van der Waals surface area contributed by atoms with Gasteiger partial charge in [-0.1, -0.05) is 11.6 Å². The zero-order valence-corrected chi connectivity index (χ0v) is 15.0. The van der Waals surface area contributed by atoms with Crippen molar-refractivity contribution in [3.8, 4) is 0 Å². The normalized spacial score (nSPS) is 11.4. The number of carbonyl (C=O) groups is 1. The lowest BCUT2D eigenvalue weighted by Gasteiger charge is -2.06. The molecule has 0 saturated carbocycles. The zero-order chi connectivity index (χ0) is 15.6. The fourth-order valence-corrected chi connectivity index (χ4v) is 4.18. The van der Waals surface area contributed by atoms with Crippen molar-refractivity contribution in [2.24, 2.45) is 0 Å². The molecule has 0 atom stereocenters. The smallest absolute Gasteiger partial charge is 0.270 e. The molecule has 1 aromatic heterocycles. The number of halogens is 3. The van der Waals surface area contributed by atoms with E-state index in [1.54, 1.807) is 24.3 Å². The molecule has 0 aliphatic heterocycles. The Morgan fingerprint density at radius 1 is 1.29 bits per heavy atom. The molecule has 21 heavy (non-hydrogen) atoms. The van der Waals surface area contributed by atoms with Gasteiger partial charge in [-0.3, -0.25) is 4.79 Å². The lowest BCUT2D eigenvalue weighted by atomic mass is 10.2. The van der Waals surface area contributed by atoms with Crippen molar-refractivity contribution >= 4 is 64.5 Å². The summed E-state index contributed by atoms with van der Waals surface area (Å²) in [6.45, 7) is 0.203. The first-order chi connectivity index (χ1) is 9.77. The molecule has 112 valence electrons. The van der Waals surface area contributed by atoms with Gasteiger partial charge in [0.2, 0.25) is 0 Å². The Balaban J connectivity index is 2.08. The second-order valence-corrected chi connectivity index (χ2v) is 9.22. The van der Waals surface area contributed by atoms with Crippen LogP contribution in [0.1, 0.15) is 15.2 Å². The van der Waals surface area contributed by atoms with E-state index in [9.17, 15) is 13.2 Å². The Hall–Kier alpha value is -0.600. The molecule has 0 fully saturated rings. The molecule has 1 N–H and O–H groups in total. The minimum atomic E-state index is -3.73. The third kappa shape index (κ3) is 4.43. The van der Waals surface area contributed by atoms with Gasteiger partial charge < -0.3 is 5.32 Å². The lowest BCUT2D eigenvalue weighted by Crippen LogP contribution is -2.22. The Morgan fingerprint density at radius 3 is 2.62 bits per heavy atom. The number of benzene rings is 1.